The minimum absolute atomic E-state index is 0.0960. The fraction of sp³-hybridized carbons (Fsp3) is 0.525. The van der Waals surface area contributed by atoms with Crippen molar-refractivity contribution in [1.29, 1.82) is 0 Å². The summed E-state index contributed by atoms with van der Waals surface area (Å²) in [5.41, 5.74) is 15.6. The number of amides is 3. The number of phenols is 1. The smallest absolute Gasteiger partial charge is 0.254 e. The van der Waals surface area contributed by atoms with E-state index >= 15 is 0 Å². The maximum Gasteiger partial charge on any atom is 0.254 e. The monoisotopic (exact) mass is 711 g/mol. The lowest BCUT2D eigenvalue weighted by atomic mass is 9.71. The summed E-state index contributed by atoms with van der Waals surface area (Å²) >= 11 is 0. The van der Waals surface area contributed by atoms with Crippen LogP contribution in [0.4, 0.5) is 5.69 Å². The molecule has 0 saturated carbocycles. The van der Waals surface area contributed by atoms with Gasteiger partial charge in [-0.05, 0) is 74.1 Å². The van der Waals surface area contributed by atoms with Crippen molar-refractivity contribution in [3.63, 3.8) is 0 Å². The Kier molecular flexibility index (Phi) is 10.2. The second kappa shape index (κ2) is 14.8. The van der Waals surface area contributed by atoms with E-state index < -0.39 is 5.60 Å². The highest BCUT2D eigenvalue weighted by molar-refractivity contribution is 6.01. The molecule has 5 aliphatic heterocycles. The largest absolute Gasteiger partial charge is 0.507 e. The third-order valence-corrected chi connectivity index (χ3v) is 12.2. The Morgan fingerprint density at radius 1 is 0.962 bits per heavy atom. The zero-order valence-corrected chi connectivity index (χ0v) is 30.3. The lowest BCUT2D eigenvalue weighted by molar-refractivity contribution is -0.184. The van der Waals surface area contributed by atoms with E-state index in [9.17, 15) is 19.5 Å². The van der Waals surface area contributed by atoms with E-state index in [0.29, 0.717) is 50.0 Å². The highest BCUT2D eigenvalue weighted by Crippen LogP contribution is 2.43. The lowest BCUT2D eigenvalue weighted by Crippen LogP contribution is -2.75. The number of aromatic hydroxyl groups is 1. The van der Waals surface area contributed by atoms with Crippen LogP contribution in [0.2, 0.25) is 0 Å². The van der Waals surface area contributed by atoms with E-state index in [1.165, 1.54) is 31.1 Å². The number of rotatable bonds is 10. The molecule has 1 spiro atoms. The van der Waals surface area contributed by atoms with Crippen LogP contribution in [0.15, 0.2) is 66.5 Å². The molecule has 12 nitrogen and oxygen atoms in total. The molecule has 6 N–H and O–H groups in total. The molecule has 52 heavy (non-hydrogen) atoms. The van der Waals surface area contributed by atoms with Gasteiger partial charge in [0.05, 0.1) is 11.6 Å². The maximum atomic E-state index is 13.8. The molecule has 5 heterocycles. The number of methoxy groups -OCH3 is 1. The molecule has 2 aromatic rings. The van der Waals surface area contributed by atoms with Crippen molar-refractivity contribution < 1.29 is 24.2 Å². The van der Waals surface area contributed by atoms with Gasteiger partial charge in [0.2, 0.25) is 11.8 Å². The fourth-order valence-electron chi connectivity index (χ4n) is 9.06. The van der Waals surface area contributed by atoms with Crippen LogP contribution in [0.1, 0.15) is 62.0 Å². The number of nitrogens with zero attached hydrogens (tertiary/aromatic N) is 4. The zero-order valence-electron chi connectivity index (χ0n) is 30.3. The molecular weight excluding hydrogens is 658 g/mol. The van der Waals surface area contributed by atoms with E-state index in [2.05, 4.69) is 32.1 Å². The number of benzene rings is 2. The summed E-state index contributed by atoms with van der Waals surface area (Å²) in [6.07, 6.45) is 8.95. The number of piperidine rings is 3. The minimum Gasteiger partial charge on any atom is -0.507 e. The van der Waals surface area contributed by atoms with Crippen molar-refractivity contribution in [3.8, 4) is 5.75 Å². The second-order valence-electron chi connectivity index (χ2n) is 15.6. The third-order valence-electron chi connectivity index (χ3n) is 12.2. The number of para-hydroxylation sites is 1. The molecule has 1 atom stereocenters. The number of hydrogen-bond acceptors (Lipinski definition) is 10. The van der Waals surface area contributed by atoms with Crippen LogP contribution in [-0.4, -0.2) is 109 Å². The normalized spacial score (nSPS) is 24.0. The van der Waals surface area contributed by atoms with Crippen molar-refractivity contribution >= 4 is 29.1 Å². The predicted molar refractivity (Wildman–Crippen MR) is 200 cm³/mol. The summed E-state index contributed by atoms with van der Waals surface area (Å²) in [6.45, 7) is 8.10. The van der Waals surface area contributed by atoms with Gasteiger partial charge in [-0.3, -0.25) is 19.7 Å². The first-order valence-corrected chi connectivity index (χ1v) is 18.8. The molecule has 278 valence electrons. The standard InChI is InChI=1S/C40H53N7O5/c1-52-40(15-20-46(21-16-40)31(23-41)22-34(42)33-4-2-3-5-35(33)48)38(51)47-26-39(27-47)24-44(25-39)17-12-28-13-18-45(19-14-28)30-8-6-29(7-9-30)32-10-11-36(49)43-37(32)50/h2-9,22-23,28,32,48H,10-21,24-27,41-42H2,1H3,(H,43,49,50)/b31-23+,34-22-. The number of nitrogens with one attached hydrogen (secondary N) is 1. The van der Waals surface area contributed by atoms with Crippen LogP contribution >= 0.6 is 0 Å². The number of ether oxygens (including phenoxy) is 1. The van der Waals surface area contributed by atoms with Crippen molar-refractivity contribution in [2.24, 2.45) is 22.8 Å². The highest BCUT2D eigenvalue weighted by Gasteiger charge is 2.56. The Morgan fingerprint density at radius 2 is 1.65 bits per heavy atom. The number of hydrogen-bond donors (Lipinski definition) is 4. The molecule has 0 radical (unpaired) electrons. The summed E-state index contributed by atoms with van der Waals surface area (Å²) in [5.74, 6) is 0.317. The number of phenolic OH excluding ortho intramolecular Hbond substituents is 1. The number of nitrogens with two attached hydrogens (primary N) is 2. The Morgan fingerprint density at radius 3 is 2.29 bits per heavy atom. The van der Waals surface area contributed by atoms with Crippen molar-refractivity contribution in [3.05, 3.63) is 77.6 Å². The molecule has 5 saturated heterocycles. The van der Waals surface area contributed by atoms with Gasteiger partial charge in [-0.1, -0.05) is 24.3 Å². The molecular formula is C40H53N7O5. The molecule has 0 aromatic heterocycles. The quantitative estimate of drug-likeness (QED) is 0.214. The van der Waals surface area contributed by atoms with Crippen molar-refractivity contribution in [2.45, 2.75) is 56.5 Å². The first kappa shape index (κ1) is 35.8. The van der Waals surface area contributed by atoms with Gasteiger partial charge in [0.1, 0.15) is 11.4 Å². The molecule has 0 bridgehead atoms. The molecule has 5 fully saturated rings. The van der Waals surface area contributed by atoms with E-state index in [1.807, 2.05) is 23.1 Å². The fourth-order valence-corrected chi connectivity index (χ4v) is 9.06. The van der Waals surface area contributed by atoms with Gasteiger partial charge in [-0.2, -0.15) is 0 Å². The molecule has 5 aliphatic rings. The summed E-state index contributed by atoms with van der Waals surface area (Å²) < 4.78 is 5.96. The highest BCUT2D eigenvalue weighted by atomic mass is 16.5. The second-order valence-corrected chi connectivity index (χ2v) is 15.6. The maximum absolute atomic E-state index is 13.8. The zero-order chi connectivity index (χ0) is 36.5. The third kappa shape index (κ3) is 7.23. The van der Waals surface area contributed by atoms with Crippen LogP contribution < -0.4 is 21.7 Å². The lowest BCUT2D eigenvalue weighted by Gasteiger charge is -2.61. The van der Waals surface area contributed by atoms with Gasteiger partial charge in [0, 0.05) is 107 Å². The van der Waals surface area contributed by atoms with Crippen molar-refractivity contribution in [1.82, 2.24) is 20.0 Å². The Labute approximate surface area is 306 Å². The van der Waals surface area contributed by atoms with Crippen LogP contribution in [0.25, 0.3) is 5.70 Å². The topological polar surface area (TPSA) is 158 Å². The Bertz CT molecular complexity index is 1690. The number of imide groups is 1. The average molecular weight is 712 g/mol. The van der Waals surface area contributed by atoms with Crippen LogP contribution in [0, 0.1) is 11.3 Å². The summed E-state index contributed by atoms with van der Waals surface area (Å²) in [5, 5.41) is 12.7. The summed E-state index contributed by atoms with van der Waals surface area (Å²) in [7, 11) is 1.65. The first-order valence-electron chi connectivity index (χ1n) is 18.8. The van der Waals surface area contributed by atoms with Crippen LogP contribution in [-0.2, 0) is 19.1 Å². The van der Waals surface area contributed by atoms with Gasteiger partial charge in [-0.15, -0.1) is 0 Å². The van der Waals surface area contributed by atoms with Gasteiger partial charge >= 0.3 is 0 Å². The van der Waals surface area contributed by atoms with Gasteiger partial charge in [-0.25, -0.2) is 0 Å². The van der Waals surface area contributed by atoms with E-state index in [4.69, 9.17) is 16.2 Å². The first-order chi connectivity index (χ1) is 25.1. The molecule has 3 amide bonds. The van der Waals surface area contributed by atoms with Gasteiger partial charge in [0.15, 0.2) is 0 Å². The van der Waals surface area contributed by atoms with Crippen molar-refractivity contribution in [2.75, 3.05) is 70.9 Å². The minimum atomic E-state index is -0.835. The van der Waals surface area contributed by atoms with E-state index in [1.54, 1.807) is 31.4 Å². The molecule has 12 heteroatoms. The molecule has 1 unspecified atom stereocenters. The summed E-state index contributed by atoms with van der Waals surface area (Å²) in [4.78, 5) is 46.7. The Balaban J connectivity index is 0.817. The molecule has 0 aliphatic carbocycles. The summed E-state index contributed by atoms with van der Waals surface area (Å²) in [6, 6.07) is 15.3. The Hall–Kier alpha value is -4.55. The van der Waals surface area contributed by atoms with Gasteiger partial charge in [0.25, 0.3) is 5.91 Å². The van der Waals surface area contributed by atoms with Crippen LogP contribution in [0.3, 0.4) is 0 Å². The molecule has 2 aromatic carbocycles. The number of carbonyl (C=O) groups excluding carboxylic acids is 3. The van der Waals surface area contributed by atoms with E-state index in [0.717, 1.165) is 63.0 Å². The number of anilines is 1. The SMILES string of the molecule is COC1(C(=O)N2CC3(CN(CCC4CCN(c5ccc(C6CCC(=O)NC6=O)cc5)CC4)C3)C2)CCN(C(/C=C(\N)c2ccccc2O)=C/N)CC1. The number of carbonyl (C=O) groups is 3. The molecule has 7 rings (SSSR count). The number of allylic oxidation sites excluding steroid dienone is 1. The average Bonchev–Trinajstić information content (AvgIpc) is 3.13. The predicted octanol–water partition coefficient (Wildman–Crippen LogP) is 2.94. The van der Waals surface area contributed by atoms with Crippen LogP contribution in [0.5, 0.6) is 5.75 Å². The van der Waals surface area contributed by atoms with Gasteiger partial charge < -0.3 is 40.9 Å². The van der Waals surface area contributed by atoms with E-state index in [-0.39, 0.29) is 34.8 Å². The number of likely N-dealkylation sites (tertiary alicyclic amines) is 3.